The van der Waals surface area contributed by atoms with Crippen molar-refractivity contribution in [1.29, 1.82) is 0 Å². The Morgan fingerprint density at radius 2 is 1.03 bits per heavy atom. The first kappa shape index (κ1) is 27.5. The number of hydrogen-bond donors (Lipinski definition) is 0. The van der Waals surface area contributed by atoms with Crippen molar-refractivity contribution in [3.63, 3.8) is 0 Å². The number of anilines is 2. The molecule has 0 saturated heterocycles. The summed E-state index contributed by atoms with van der Waals surface area (Å²) in [6, 6.07) is 41.7. The van der Waals surface area contributed by atoms with E-state index in [2.05, 4.69) is 107 Å². The second-order valence-corrected chi connectivity index (χ2v) is 8.81. The topological polar surface area (TPSA) is 15.7 Å². The molecular weight excluding hydrogens is 452 g/mol. The molecule has 4 aromatic rings. The number of ether oxygens (including phenoxy) is 1. The van der Waals surface area contributed by atoms with Crippen molar-refractivity contribution in [2.24, 2.45) is 0 Å². The van der Waals surface area contributed by atoms with Crippen LogP contribution in [0.4, 0.5) is 11.4 Å². The fourth-order valence-electron chi connectivity index (χ4n) is 3.60. The molecule has 0 saturated carbocycles. The van der Waals surface area contributed by atoms with E-state index in [1.54, 1.807) is 6.26 Å². The smallest absolute Gasteiger partial charge is 0.0999 e. The first-order valence-electron chi connectivity index (χ1n) is 12.8. The average Bonchev–Trinajstić information content (AvgIpc) is 2.95. The lowest BCUT2D eigenvalue weighted by Gasteiger charge is -2.24. The molecule has 0 aliphatic rings. The van der Waals surface area contributed by atoms with Crippen molar-refractivity contribution in [3.05, 3.63) is 145 Å². The largest absolute Gasteiger partial charge is 0.500 e. The highest BCUT2D eigenvalue weighted by Crippen LogP contribution is 2.25. The predicted molar refractivity (Wildman–Crippen MR) is 160 cm³/mol. The van der Waals surface area contributed by atoms with Crippen LogP contribution in [0.25, 0.3) is 12.2 Å². The van der Waals surface area contributed by atoms with Crippen LogP contribution in [0.3, 0.4) is 0 Å². The van der Waals surface area contributed by atoms with Gasteiger partial charge >= 0.3 is 0 Å². The lowest BCUT2D eigenvalue weighted by Crippen LogP contribution is -2.17. The van der Waals surface area contributed by atoms with Crippen molar-refractivity contribution in [2.45, 2.75) is 6.42 Å². The van der Waals surface area contributed by atoms with Crippen LogP contribution in [0.1, 0.15) is 17.5 Å². The molecule has 0 fully saturated rings. The maximum absolute atomic E-state index is 5.33. The molecule has 3 heteroatoms. The quantitative estimate of drug-likeness (QED) is 0.156. The molecule has 0 N–H and O–H groups in total. The molecule has 0 bridgehead atoms. The first-order valence-corrected chi connectivity index (χ1v) is 12.8. The summed E-state index contributed by atoms with van der Waals surface area (Å²) in [4.78, 5) is 4.45. The highest BCUT2D eigenvalue weighted by Gasteiger charge is 2.07. The molecule has 0 unspecified atom stereocenters. The van der Waals surface area contributed by atoms with Crippen LogP contribution >= 0.6 is 0 Å². The Kier molecular flexibility index (Phi) is 12.3. The number of benzene rings is 4. The molecule has 0 aromatic heterocycles. The molecule has 190 valence electrons. The Bertz CT molecular complexity index is 1120. The van der Waals surface area contributed by atoms with Crippen LogP contribution in [0.5, 0.6) is 0 Å². The summed E-state index contributed by atoms with van der Waals surface area (Å²) >= 11 is 0. The van der Waals surface area contributed by atoms with Gasteiger partial charge in [0, 0.05) is 24.5 Å². The molecule has 0 aliphatic heterocycles. The van der Waals surface area contributed by atoms with E-state index in [1.807, 2.05) is 56.6 Å². The third-order valence-electron chi connectivity index (χ3n) is 5.58. The third-order valence-corrected chi connectivity index (χ3v) is 5.58. The maximum Gasteiger partial charge on any atom is 0.0999 e. The monoisotopic (exact) mass is 490 g/mol. The second kappa shape index (κ2) is 16.6. The zero-order chi connectivity index (χ0) is 26.0. The zero-order valence-corrected chi connectivity index (χ0v) is 22.0. The van der Waals surface area contributed by atoms with E-state index in [4.69, 9.17) is 4.74 Å². The van der Waals surface area contributed by atoms with Gasteiger partial charge in [0.2, 0.25) is 0 Å². The number of nitrogens with zero attached hydrogens (tertiary/aromatic N) is 2. The highest BCUT2D eigenvalue weighted by atomic mass is 16.5. The summed E-state index contributed by atoms with van der Waals surface area (Å²) < 4.78 is 5.33. The van der Waals surface area contributed by atoms with Gasteiger partial charge in [-0.15, -0.1) is 0 Å². The van der Waals surface area contributed by atoms with Gasteiger partial charge in [0.1, 0.15) is 0 Å². The summed E-state index contributed by atoms with van der Waals surface area (Å²) in [5, 5.41) is 0. The molecule has 0 aliphatic carbocycles. The van der Waals surface area contributed by atoms with Gasteiger partial charge in [0.25, 0.3) is 0 Å². The summed E-state index contributed by atoms with van der Waals surface area (Å²) in [6.45, 7) is 2.63. The molecule has 0 spiro atoms. The van der Waals surface area contributed by atoms with E-state index in [-0.39, 0.29) is 0 Å². The van der Waals surface area contributed by atoms with Gasteiger partial charge in [0.05, 0.1) is 12.9 Å². The predicted octanol–water partition coefficient (Wildman–Crippen LogP) is 8.16. The number of para-hydroxylation sites is 2. The molecule has 0 amide bonds. The lowest BCUT2D eigenvalue weighted by atomic mass is 10.2. The van der Waals surface area contributed by atoms with Crippen molar-refractivity contribution >= 4 is 23.5 Å². The minimum absolute atomic E-state index is 0.732. The molecular formula is C34H38N2O. The zero-order valence-electron chi connectivity index (χ0n) is 22.0. The van der Waals surface area contributed by atoms with E-state index in [0.29, 0.717) is 0 Å². The van der Waals surface area contributed by atoms with E-state index in [1.165, 1.54) is 16.9 Å². The Labute approximate surface area is 223 Å². The average molecular weight is 491 g/mol. The fourth-order valence-corrected chi connectivity index (χ4v) is 3.60. The molecule has 0 atom stereocenters. The van der Waals surface area contributed by atoms with Gasteiger partial charge in [-0.05, 0) is 62.0 Å². The Hall–Kier alpha value is -4.08. The summed E-state index contributed by atoms with van der Waals surface area (Å²) in [6.07, 6.45) is 9.15. The summed E-state index contributed by atoms with van der Waals surface area (Å²) in [7, 11) is 4.06. The van der Waals surface area contributed by atoms with E-state index < -0.39 is 0 Å². The summed E-state index contributed by atoms with van der Waals surface area (Å²) in [5.41, 5.74) is 4.87. The van der Waals surface area contributed by atoms with Crippen molar-refractivity contribution < 1.29 is 4.74 Å². The standard InChI is InChI=1S/C22H21N.C12H17NO/c1-4-12-20(13-5-1)14-10-11-19-23(21-15-6-2-7-16-21)22-17-8-3-9-18-22;1-13(2)9-11-14-10-8-12-6-4-3-5-7-12/h1-10,12-18H,11,19H2;3-8,10H,9,11H2,1-2H3. The van der Waals surface area contributed by atoms with Crippen LogP contribution in [0.2, 0.25) is 0 Å². The van der Waals surface area contributed by atoms with Crippen LogP contribution in [0.15, 0.2) is 134 Å². The molecule has 3 nitrogen and oxygen atoms in total. The SMILES string of the molecule is C(=Cc1ccccc1)CCN(c1ccccc1)c1ccccc1.CN(C)CCOC=Cc1ccccc1. The van der Waals surface area contributed by atoms with Crippen LogP contribution < -0.4 is 4.90 Å². The molecule has 4 rings (SSSR count). The third kappa shape index (κ3) is 11.0. The molecule has 37 heavy (non-hydrogen) atoms. The van der Waals surface area contributed by atoms with Gasteiger partial charge in [-0.25, -0.2) is 0 Å². The van der Waals surface area contributed by atoms with E-state index in [0.717, 1.165) is 31.7 Å². The van der Waals surface area contributed by atoms with Crippen molar-refractivity contribution in [1.82, 2.24) is 4.90 Å². The van der Waals surface area contributed by atoms with Gasteiger partial charge in [-0.2, -0.15) is 0 Å². The molecule has 0 heterocycles. The van der Waals surface area contributed by atoms with E-state index >= 15 is 0 Å². The first-order chi connectivity index (χ1) is 18.2. The summed E-state index contributed by atoms with van der Waals surface area (Å²) in [5.74, 6) is 0. The molecule has 0 radical (unpaired) electrons. The number of rotatable bonds is 11. The van der Waals surface area contributed by atoms with Gasteiger partial charge in [0.15, 0.2) is 0 Å². The number of likely N-dealkylation sites (N-methyl/N-ethyl adjacent to an activating group) is 1. The second-order valence-electron chi connectivity index (χ2n) is 8.81. The van der Waals surface area contributed by atoms with Crippen LogP contribution in [0, 0.1) is 0 Å². The Balaban J connectivity index is 0.000000233. The van der Waals surface area contributed by atoms with Crippen LogP contribution in [-0.4, -0.2) is 38.7 Å². The normalized spacial score (nSPS) is 10.9. The fraction of sp³-hybridized carbons (Fsp3) is 0.176. The van der Waals surface area contributed by atoms with Crippen molar-refractivity contribution in [2.75, 3.05) is 38.7 Å². The maximum atomic E-state index is 5.33. The Morgan fingerprint density at radius 3 is 1.51 bits per heavy atom. The van der Waals surface area contributed by atoms with Gasteiger partial charge < -0.3 is 14.5 Å². The van der Waals surface area contributed by atoms with Crippen LogP contribution in [-0.2, 0) is 4.74 Å². The lowest BCUT2D eigenvalue weighted by molar-refractivity contribution is 0.214. The minimum Gasteiger partial charge on any atom is -0.500 e. The number of hydrogen-bond acceptors (Lipinski definition) is 3. The van der Waals surface area contributed by atoms with Gasteiger partial charge in [-0.3, -0.25) is 0 Å². The highest BCUT2D eigenvalue weighted by molar-refractivity contribution is 5.63. The van der Waals surface area contributed by atoms with Crippen molar-refractivity contribution in [3.8, 4) is 0 Å². The Morgan fingerprint density at radius 1 is 0.568 bits per heavy atom. The molecule has 4 aromatic carbocycles. The van der Waals surface area contributed by atoms with E-state index in [9.17, 15) is 0 Å². The minimum atomic E-state index is 0.732. The van der Waals surface area contributed by atoms with Gasteiger partial charge in [-0.1, -0.05) is 109 Å².